The van der Waals surface area contributed by atoms with Crippen molar-refractivity contribution in [1.82, 2.24) is 4.57 Å². The Morgan fingerprint density at radius 2 is 1.89 bits per heavy atom. The molecule has 1 amide bonds. The summed E-state index contributed by atoms with van der Waals surface area (Å²) in [6.07, 6.45) is 0.154. The van der Waals surface area contributed by atoms with Gasteiger partial charge in [0.1, 0.15) is 12.3 Å². The normalized spacial score (nSPS) is 11.6. The number of aromatic nitrogens is 1. The molecule has 6 nitrogen and oxygen atoms in total. The Kier molecular flexibility index (Phi) is 6.60. The maximum atomic E-state index is 12.4. The average molecular weight is 398 g/mol. The summed E-state index contributed by atoms with van der Waals surface area (Å²) in [5.74, 6) is 0.0645. The van der Waals surface area contributed by atoms with Crippen LogP contribution in [0, 0.1) is 6.92 Å². The van der Waals surface area contributed by atoms with Crippen LogP contribution in [-0.4, -0.2) is 29.7 Å². The molecule has 0 bridgehead atoms. The summed E-state index contributed by atoms with van der Waals surface area (Å²) >= 11 is 1.38. The lowest BCUT2D eigenvalue weighted by Crippen LogP contribution is -2.23. The van der Waals surface area contributed by atoms with Gasteiger partial charge in [0.15, 0.2) is 4.80 Å². The van der Waals surface area contributed by atoms with Crippen molar-refractivity contribution < 1.29 is 19.1 Å². The van der Waals surface area contributed by atoms with E-state index in [0.29, 0.717) is 17.2 Å². The van der Waals surface area contributed by atoms with Crippen LogP contribution in [0.3, 0.4) is 0 Å². The van der Waals surface area contributed by atoms with Gasteiger partial charge in [-0.1, -0.05) is 41.7 Å². The van der Waals surface area contributed by atoms with E-state index in [2.05, 4.69) is 4.99 Å². The predicted molar refractivity (Wildman–Crippen MR) is 108 cm³/mol. The number of esters is 1. The SMILES string of the molecule is CCOC(=O)Cn1c(=NC(=O)CCOc2ccccc2)sc2cccc(C)c21. The molecule has 0 saturated heterocycles. The number of para-hydroxylation sites is 2. The zero-order valence-electron chi connectivity index (χ0n) is 15.9. The number of carbonyl (C=O) groups excluding carboxylic acids is 2. The fraction of sp³-hybridized carbons (Fsp3) is 0.286. The van der Waals surface area contributed by atoms with Crippen LogP contribution in [0.5, 0.6) is 5.75 Å². The first kappa shape index (κ1) is 19.8. The Balaban J connectivity index is 1.82. The molecule has 7 heteroatoms. The van der Waals surface area contributed by atoms with Crippen molar-refractivity contribution in [2.24, 2.45) is 4.99 Å². The molecule has 0 radical (unpaired) electrons. The van der Waals surface area contributed by atoms with Gasteiger partial charge in [-0.15, -0.1) is 0 Å². The third kappa shape index (κ3) is 4.86. The van der Waals surface area contributed by atoms with E-state index in [1.165, 1.54) is 11.3 Å². The summed E-state index contributed by atoms with van der Waals surface area (Å²) in [5, 5.41) is 0. The maximum absolute atomic E-state index is 12.4. The van der Waals surface area contributed by atoms with Crippen molar-refractivity contribution in [2.75, 3.05) is 13.2 Å². The van der Waals surface area contributed by atoms with Crippen molar-refractivity contribution in [3.05, 3.63) is 58.9 Å². The fourth-order valence-electron chi connectivity index (χ4n) is 2.81. The molecule has 146 valence electrons. The highest BCUT2D eigenvalue weighted by atomic mass is 32.1. The molecular formula is C21H22N2O4S. The number of hydrogen-bond donors (Lipinski definition) is 0. The van der Waals surface area contributed by atoms with E-state index in [1.54, 1.807) is 11.5 Å². The van der Waals surface area contributed by atoms with E-state index in [1.807, 2.05) is 55.5 Å². The largest absolute Gasteiger partial charge is 0.493 e. The van der Waals surface area contributed by atoms with Crippen LogP contribution in [-0.2, 0) is 20.9 Å². The topological polar surface area (TPSA) is 69.9 Å². The molecule has 3 aromatic rings. The molecule has 28 heavy (non-hydrogen) atoms. The second-order valence-electron chi connectivity index (χ2n) is 6.11. The molecule has 0 unspecified atom stereocenters. The summed E-state index contributed by atoms with van der Waals surface area (Å²) in [6, 6.07) is 15.2. The Bertz CT molecular complexity index is 1040. The number of ether oxygens (including phenoxy) is 2. The summed E-state index contributed by atoms with van der Waals surface area (Å²) < 4.78 is 13.4. The van der Waals surface area contributed by atoms with Crippen molar-refractivity contribution >= 4 is 33.4 Å². The van der Waals surface area contributed by atoms with Crippen molar-refractivity contribution in [3.63, 3.8) is 0 Å². The number of thiazole rings is 1. The highest BCUT2D eigenvalue weighted by molar-refractivity contribution is 7.16. The second kappa shape index (κ2) is 9.32. The van der Waals surface area contributed by atoms with Gasteiger partial charge in [0.05, 0.1) is 29.9 Å². The van der Waals surface area contributed by atoms with Crippen molar-refractivity contribution in [2.45, 2.75) is 26.8 Å². The van der Waals surface area contributed by atoms with Gasteiger partial charge in [-0.25, -0.2) is 0 Å². The third-order valence-corrected chi connectivity index (χ3v) is 5.09. The van der Waals surface area contributed by atoms with Gasteiger partial charge in [0.2, 0.25) is 0 Å². The summed E-state index contributed by atoms with van der Waals surface area (Å²) in [5.41, 5.74) is 1.91. The molecule has 2 aromatic carbocycles. The van der Waals surface area contributed by atoms with Gasteiger partial charge < -0.3 is 14.0 Å². The lowest BCUT2D eigenvalue weighted by Gasteiger charge is -2.07. The first-order chi connectivity index (χ1) is 13.6. The number of nitrogens with zero attached hydrogens (tertiary/aromatic N) is 2. The number of fused-ring (bicyclic) bond motifs is 1. The molecule has 0 N–H and O–H groups in total. The number of benzene rings is 2. The van der Waals surface area contributed by atoms with E-state index >= 15 is 0 Å². The molecule has 0 saturated carbocycles. The lowest BCUT2D eigenvalue weighted by molar-refractivity contribution is -0.143. The molecule has 0 aliphatic rings. The van der Waals surface area contributed by atoms with E-state index in [-0.39, 0.29) is 31.4 Å². The Labute approximate surface area is 167 Å². The first-order valence-corrected chi connectivity index (χ1v) is 9.90. The minimum atomic E-state index is -0.355. The predicted octanol–water partition coefficient (Wildman–Crippen LogP) is 3.47. The van der Waals surface area contributed by atoms with E-state index < -0.39 is 0 Å². The number of rotatable bonds is 7. The van der Waals surface area contributed by atoms with Crippen molar-refractivity contribution in [3.8, 4) is 5.75 Å². The van der Waals surface area contributed by atoms with Gasteiger partial charge in [0, 0.05) is 0 Å². The Morgan fingerprint density at radius 1 is 1.11 bits per heavy atom. The molecule has 1 heterocycles. The monoisotopic (exact) mass is 398 g/mol. The molecule has 3 rings (SSSR count). The van der Waals surface area contributed by atoms with Crippen LogP contribution in [0.25, 0.3) is 10.2 Å². The van der Waals surface area contributed by atoms with E-state index in [9.17, 15) is 9.59 Å². The van der Waals surface area contributed by atoms with Gasteiger partial charge >= 0.3 is 5.97 Å². The molecule has 0 aliphatic heterocycles. The zero-order valence-corrected chi connectivity index (χ0v) is 16.7. The number of aryl methyl sites for hydroxylation is 1. The number of hydrogen-bond acceptors (Lipinski definition) is 5. The van der Waals surface area contributed by atoms with Gasteiger partial charge in [-0.2, -0.15) is 4.99 Å². The van der Waals surface area contributed by atoms with Crippen molar-refractivity contribution in [1.29, 1.82) is 0 Å². The quantitative estimate of drug-likeness (QED) is 0.572. The van der Waals surface area contributed by atoms with Crippen LogP contribution in [0.2, 0.25) is 0 Å². The Hall–Kier alpha value is -2.93. The average Bonchev–Trinajstić information content (AvgIpc) is 3.01. The van der Waals surface area contributed by atoms with Crippen LogP contribution in [0.15, 0.2) is 53.5 Å². The molecule has 0 fully saturated rings. The smallest absolute Gasteiger partial charge is 0.326 e. The van der Waals surface area contributed by atoms with Crippen LogP contribution in [0.4, 0.5) is 0 Å². The lowest BCUT2D eigenvalue weighted by atomic mass is 10.2. The summed E-state index contributed by atoms with van der Waals surface area (Å²) in [6.45, 7) is 4.30. The molecule has 0 aliphatic carbocycles. The molecular weight excluding hydrogens is 376 g/mol. The molecule has 1 aromatic heterocycles. The molecule has 0 atom stereocenters. The summed E-state index contributed by atoms with van der Waals surface area (Å²) in [4.78, 5) is 29.1. The zero-order chi connectivity index (χ0) is 19.9. The van der Waals surface area contributed by atoms with Crippen LogP contribution >= 0.6 is 11.3 Å². The third-order valence-electron chi connectivity index (χ3n) is 4.04. The maximum Gasteiger partial charge on any atom is 0.326 e. The number of carbonyl (C=O) groups is 2. The van der Waals surface area contributed by atoms with Gasteiger partial charge in [-0.05, 0) is 37.6 Å². The van der Waals surface area contributed by atoms with Crippen LogP contribution < -0.4 is 9.54 Å². The van der Waals surface area contributed by atoms with E-state index in [4.69, 9.17) is 9.47 Å². The summed E-state index contributed by atoms with van der Waals surface area (Å²) in [7, 11) is 0. The minimum Gasteiger partial charge on any atom is -0.493 e. The fourth-order valence-corrected chi connectivity index (χ4v) is 3.94. The molecule has 0 spiro atoms. The highest BCUT2D eigenvalue weighted by Gasteiger charge is 2.13. The minimum absolute atomic E-state index is 0.0192. The second-order valence-corrected chi connectivity index (χ2v) is 7.12. The highest BCUT2D eigenvalue weighted by Crippen LogP contribution is 2.21. The first-order valence-electron chi connectivity index (χ1n) is 9.08. The van der Waals surface area contributed by atoms with E-state index in [0.717, 1.165) is 15.8 Å². The van der Waals surface area contributed by atoms with Crippen LogP contribution in [0.1, 0.15) is 18.9 Å². The number of amides is 1. The Morgan fingerprint density at radius 3 is 2.64 bits per heavy atom. The van der Waals surface area contributed by atoms with Gasteiger partial charge in [-0.3, -0.25) is 9.59 Å². The standard InChI is InChI=1S/C21H22N2O4S/c1-3-26-19(25)14-23-20-15(2)8-7-11-17(20)28-21(23)22-18(24)12-13-27-16-9-5-4-6-10-16/h4-11H,3,12-14H2,1-2H3. The van der Waals surface area contributed by atoms with Gasteiger partial charge in [0.25, 0.3) is 5.91 Å².